The van der Waals surface area contributed by atoms with Crippen molar-refractivity contribution >= 4 is 11.8 Å². The van der Waals surface area contributed by atoms with E-state index in [-0.39, 0.29) is 17.9 Å². The number of carbonyl (C=O) groups is 2. The van der Waals surface area contributed by atoms with Gasteiger partial charge in [-0.3, -0.25) is 9.59 Å². The van der Waals surface area contributed by atoms with E-state index in [1.165, 1.54) is 24.3 Å². The fourth-order valence-corrected chi connectivity index (χ4v) is 2.30. The lowest BCUT2D eigenvalue weighted by atomic mass is 10.00. The summed E-state index contributed by atoms with van der Waals surface area (Å²) in [5.74, 6) is -1.67. The molecule has 0 saturated carbocycles. The fourth-order valence-electron chi connectivity index (χ4n) is 2.30. The van der Waals surface area contributed by atoms with Gasteiger partial charge < -0.3 is 15.8 Å². The first-order valence-corrected chi connectivity index (χ1v) is 6.46. The fraction of sp³-hybridized carbons (Fsp3) is 0.429. The van der Waals surface area contributed by atoms with E-state index in [1.54, 1.807) is 0 Å². The minimum atomic E-state index is -0.962. The Morgan fingerprint density at radius 2 is 2.05 bits per heavy atom. The van der Waals surface area contributed by atoms with E-state index in [1.807, 2.05) is 6.92 Å². The van der Waals surface area contributed by atoms with Crippen molar-refractivity contribution in [2.75, 3.05) is 6.61 Å². The molecule has 0 radical (unpaired) electrons. The molecule has 1 aliphatic rings. The van der Waals surface area contributed by atoms with Crippen molar-refractivity contribution in [3.63, 3.8) is 0 Å². The van der Waals surface area contributed by atoms with Gasteiger partial charge in [-0.1, -0.05) is 12.1 Å². The van der Waals surface area contributed by atoms with Crippen LogP contribution in [-0.4, -0.2) is 24.5 Å². The van der Waals surface area contributed by atoms with E-state index >= 15 is 0 Å². The molecule has 0 aromatic heterocycles. The lowest BCUT2D eigenvalue weighted by molar-refractivity contribution is -0.131. The normalized spacial score (nSPS) is 23.3. The molecule has 1 saturated heterocycles. The molecular formula is C14H17FN2O3. The van der Waals surface area contributed by atoms with Crippen LogP contribution in [0.3, 0.4) is 0 Å². The Labute approximate surface area is 116 Å². The lowest BCUT2D eigenvalue weighted by Gasteiger charge is -2.20. The molecule has 5 nitrogen and oxygen atoms in total. The van der Waals surface area contributed by atoms with Crippen molar-refractivity contribution in [2.45, 2.75) is 25.5 Å². The Morgan fingerprint density at radius 1 is 1.40 bits per heavy atom. The van der Waals surface area contributed by atoms with Crippen molar-refractivity contribution < 1.29 is 18.7 Å². The lowest BCUT2D eigenvalue weighted by Crippen LogP contribution is -2.42. The maximum Gasteiger partial charge on any atom is 0.244 e. The third-order valence-electron chi connectivity index (χ3n) is 3.49. The number of halogens is 1. The van der Waals surface area contributed by atoms with Crippen LogP contribution < -0.4 is 11.1 Å². The zero-order valence-electron chi connectivity index (χ0n) is 11.1. The Balaban J connectivity index is 2.11. The standard InChI is InChI=1S/C14H17FN2O3/c1-8-11(6-7-20-8)14(19)17-12(13(16)18)9-2-4-10(15)5-3-9/h2-5,8,11-12H,6-7H2,1H3,(H2,16,18)(H,17,19)/t8-,11+,12+/m0/s1. The maximum atomic E-state index is 12.9. The quantitative estimate of drug-likeness (QED) is 0.859. The molecule has 1 fully saturated rings. The summed E-state index contributed by atoms with van der Waals surface area (Å²) >= 11 is 0. The van der Waals surface area contributed by atoms with Crippen LogP contribution in [-0.2, 0) is 14.3 Å². The van der Waals surface area contributed by atoms with E-state index < -0.39 is 17.8 Å². The highest BCUT2D eigenvalue weighted by atomic mass is 19.1. The molecule has 6 heteroatoms. The second kappa shape index (κ2) is 6.00. The van der Waals surface area contributed by atoms with Crippen LogP contribution >= 0.6 is 0 Å². The van der Waals surface area contributed by atoms with Gasteiger partial charge in [-0.25, -0.2) is 4.39 Å². The molecule has 1 aromatic rings. The van der Waals surface area contributed by atoms with Crippen molar-refractivity contribution in [3.8, 4) is 0 Å². The van der Waals surface area contributed by atoms with Crippen LogP contribution in [0.5, 0.6) is 0 Å². The predicted molar refractivity (Wildman–Crippen MR) is 70.0 cm³/mol. The monoisotopic (exact) mass is 280 g/mol. The first-order valence-electron chi connectivity index (χ1n) is 6.46. The van der Waals surface area contributed by atoms with Gasteiger partial charge in [0.05, 0.1) is 12.0 Å². The van der Waals surface area contributed by atoms with Crippen LogP contribution in [0.4, 0.5) is 4.39 Å². The van der Waals surface area contributed by atoms with Crippen LogP contribution in [0.25, 0.3) is 0 Å². The van der Waals surface area contributed by atoms with Gasteiger partial charge in [0.15, 0.2) is 0 Å². The summed E-state index contributed by atoms with van der Waals surface area (Å²) in [7, 11) is 0. The summed E-state index contributed by atoms with van der Waals surface area (Å²) in [6, 6.07) is 4.34. The van der Waals surface area contributed by atoms with Gasteiger partial charge in [0.2, 0.25) is 11.8 Å². The number of nitrogens with one attached hydrogen (secondary N) is 1. The van der Waals surface area contributed by atoms with Gasteiger partial charge in [0.25, 0.3) is 0 Å². The highest BCUT2D eigenvalue weighted by Crippen LogP contribution is 2.22. The molecule has 1 heterocycles. The molecule has 2 amide bonds. The van der Waals surface area contributed by atoms with E-state index in [2.05, 4.69) is 5.32 Å². The molecule has 2 rings (SSSR count). The first kappa shape index (κ1) is 14.5. The summed E-state index contributed by atoms with van der Waals surface area (Å²) in [4.78, 5) is 23.6. The molecule has 0 spiro atoms. The van der Waals surface area contributed by atoms with Gasteiger partial charge >= 0.3 is 0 Å². The molecule has 3 N–H and O–H groups in total. The van der Waals surface area contributed by atoms with Gasteiger partial charge in [0.1, 0.15) is 11.9 Å². The first-order chi connectivity index (χ1) is 9.49. The third-order valence-corrected chi connectivity index (χ3v) is 3.49. The number of primary amides is 1. The predicted octanol–water partition coefficient (Wildman–Crippen LogP) is 0.893. The van der Waals surface area contributed by atoms with Crippen LogP contribution in [0.2, 0.25) is 0 Å². The summed E-state index contributed by atoms with van der Waals surface area (Å²) < 4.78 is 18.2. The summed E-state index contributed by atoms with van der Waals surface area (Å²) in [6.45, 7) is 2.34. The molecule has 1 aromatic carbocycles. The van der Waals surface area contributed by atoms with Gasteiger partial charge in [-0.05, 0) is 31.0 Å². The summed E-state index contributed by atoms with van der Waals surface area (Å²) in [5, 5.41) is 2.61. The highest BCUT2D eigenvalue weighted by molar-refractivity contribution is 5.88. The van der Waals surface area contributed by atoms with E-state index in [0.29, 0.717) is 18.6 Å². The second-order valence-corrected chi connectivity index (χ2v) is 4.87. The average Bonchev–Trinajstić information content (AvgIpc) is 2.83. The van der Waals surface area contributed by atoms with Gasteiger partial charge in [-0.2, -0.15) is 0 Å². The number of rotatable bonds is 4. The topological polar surface area (TPSA) is 81.4 Å². The molecule has 0 aliphatic carbocycles. The van der Waals surface area contributed by atoms with Crippen molar-refractivity contribution in [3.05, 3.63) is 35.6 Å². The third kappa shape index (κ3) is 3.14. The number of ether oxygens (including phenoxy) is 1. The number of benzene rings is 1. The summed E-state index contributed by atoms with van der Waals surface area (Å²) in [5.41, 5.74) is 5.77. The van der Waals surface area contributed by atoms with Crippen molar-refractivity contribution in [1.82, 2.24) is 5.32 Å². The van der Waals surface area contributed by atoms with E-state index in [9.17, 15) is 14.0 Å². The molecule has 0 unspecified atom stereocenters. The Bertz CT molecular complexity index is 504. The number of hydrogen-bond acceptors (Lipinski definition) is 3. The minimum absolute atomic E-state index is 0.184. The van der Waals surface area contributed by atoms with Crippen LogP contribution in [0.1, 0.15) is 24.9 Å². The van der Waals surface area contributed by atoms with Crippen molar-refractivity contribution in [1.29, 1.82) is 0 Å². The number of nitrogens with two attached hydrogens (primary N) is 1. The van der Waals surface area contributed by atoms with Crippen LogP contribution in [0, 0.1) is 11.7 Å². The van der Waals surface area contributed by atoms with E-state index in [4.69, 9.17) is 10.5 Å². The van der Waals surface area contributed by atoms with Crippen LogP contribution in [0.15, 0.2) is 24.3 Å². The smallest absolute Gasteiger partial charge is 0.244 e. The zero-order valence-corrected chi connectivity index (χ0v) is 11.1. The molecule has 20 heavy (non-hydrogen) atoms. The Kier molecular flexibility index (Phi) is 4.34. The maximum absolute atomic E-state index is 12.9. The number of hydrogen-bond donors (Lipinski definition) is 2. The molecule has 1 aliphatic heterocycles. The Hall–Kier alpha value is -1.95. The zero-order chi connectivity index (χ0) is 14.7. The average molecular weight is 280 g/mol. The molecule has 108 valence electrons. The van der Waals surface area contributed by atoms with E-state index in [0.717, 1.165) is 0 Å². The van der Waals surface area contributed by atoms with Gasteiger partial charge in [0, 0.05) is 6.61 Å². The Morgan fingerprint density at radius 3 is 2.55 bits per heavy atom. The summed E-state index contributed by atoms with van der Waals surface area (Å²) in [6.07, 6.45) is 0.429. The van der Waals surface area contributed by atoms with Gasteiger partial charge in [-0.15, -0.1) is 0 Å². The highest BCUT2D eigenvalue weighted by Gasteiger charge is 2.33. The minimum Gasteiger partial charge on any atom is -0.378 e. The van der Waals surface area contributed by atoms with Crippen molar-refractivity contribution in [2.24, 2.45) is 11.7 Å². The largest absolute Gasteiger partial charge is 0.378 e. The second-order valence-electron chi connectivity index (χ2n) is 4.87. The molecule has 0 bridgehead atoms. The SMILES string of the molecule is C[C@@H]1OCC[C@H]1C(=O)N[C@@H](C(N)=O)c1ccc(F)cc1. The number of carbonyl (C=O) groups excluding carboxylic acids is 2. The molecule has 3 atom stereocenters. The molecular weight excluding hydrogens is 263 g/mol. The number of amides is 2.